The number of nitrogens with zero attached hydrogens (tertiary/aromatic N) is 3. The Morgan fingerprint density at radius 2 is 1.77 bits per heavy atom. The molecule has 7 nitrogen and oxygen atoms in total. The van der Waals surface area contributed by atoms with Crippen molar-refractivity contribution in [2.75, 3.05) is 0 Å². The molecule has 0 aliphatic carbocycles. The molecule has 0 spiro atoms. The number of H-pyrrole nitrogens is 1. The van der Waals surface area contributed by atoms with Crippen molar-refractivity contribution in [3.8, 4) is 16.9 Å². The minimum atomic E-state index is -0.367. The minimum Gasteiger partial charge on any atom is -0.334 e. The summed E-state index contributed by atoms with van der Waals surface area (Å²) in [5, 5.41) is 12.4. The van der Waals surface area contributed by atoms with Gasteiger partial charge in [-0.25, -0.2) is 14.2 Å². The zero-order valence-corrected chi connectivity index (χ0v) is 16.4. The highest BCUT2D eigenvalue weighted by atomic mass is 19.1. The summed E-state index contributed by atoms with van der Waals surface area (Å²) in [4.78, 5) is 16.2. The second kappa shape index (κ2) is 8.60. The van der Waals surface area contributed by atoms with Crippen LogP contribution in [0.4, 0.5) is 9.18 Å². The van der Waals surface area contributed by atoms with E-state index in [9.17, 15) is 9.18 Å². The third kappa shape index (κ3) is 4.38. The van der Waals surface area contributed by atoms with Gasteiger partial charge in [0.25, 0.3) is 0 Å². The molecule has 0 bridgehead atoms. The van der Waals surface area contributed by atoms with Crippen molar-refractivity contribution in [1.29, 1.82) is 0 Å². The number of halogens is 1. The summed E-state index contributed by atoms with van der Waals surface area (Å²) in [5.41, 5.74) is 4.04. The number of nitrogens with one attached hydrogen (secondary N) is 3. The Morgan fingerprint density at radius 1 is 1.03 bits per heavy atom. The third-order valence-corrected chi connectivity index (χ3v) is 4.77. The number of hydrogen-bond acceptors (Lipinski definition) is 3. The van der Waals surface area contributed by atoms with Crippen LogP contribution >= 0.6 is 0 Å². The summed E-state index contributed by atoms with van der Waals surface area (Å²) in [6.45, 7) is 2.43. The zero-order chi connectivity index (χ0) is 20.9. The molecule has 0 aliphatic heterocycles. The second-order valence-corrected chi connectivity index (χ2v) is 6.83. The van der Waals surface area contributed by atoms with Gasteiger partial charge in [-0.05, 0) is 41.8 Å². The zero-order valence-electron chi connectivity index (χ0n) is 16.4. The lowest BCUT2D eigenvalue weighted by atomic mass is 10.1. The van der Waals surface area contributed by atoms with Gasteiger partial charge in [0.05, 0.1) is 11.4 Å². The number of aromatic nitrogens is 4. The van der Waals surface area contributed by atoms with Crippen molar-refractivity contribution in [1.82, 2.24) is 30.4 Å². The van der Waals surface area contributed by atoms with E-state index in [1.807, 2.05) is 37.3 Å². The largest absolute Gasteiger partial charge is 0.334 e. The number of hydrogen-bond donors (Lipinski definition) is 3. The molecule has 2 amide bonds. The fourth-order valence-electron chi connectivity index (χ4n) is 3.13. The van der Waals surface area contributed by atoms with Gasteiger partial charge in [-0.2, -0.15) is 5.10 Å². The number of urea groups is 1. The first-order valence-corrected chi connectivity index (χ1v) is 9.49. The number of aromatic amines is 1. The van der Waals surface area contributed by atoms with E-state index in [2.05, 4.69) is 25.8 Å². The minimum absolute atomic E-state index is 0.227. The summed E-state index contributed by atoms with van der Waals surface area (Å²) in [6.07, 6.45) is 5.04. The predicted molar refractivity (Wildman–Crippen MR) is 111 cm³/mol. The number of carbonyl (C=O) groups is 1. The van der Waals surface area contributed by atoms with Gasteiger partial charge in [0.2, 0.25) is 0 Å². The molecule has 2 aromatic carbocycles. The number of amides is 2. The van der Waals surface area contributed by atoms with Crippen molar-refractivity contribution in [3.05, 3.63) is 89.9 Å². The van der Waals surface area contributed by atoms with E-state index in [0.717, 1.165) is 16.8 Å². The summed E-state index contributed by atoms with van der Waals surface area (Å²) in [7, 11) is 0. The molecule has 2 heterocycles. The Hall–Kier alpha value is -3.94. The lowest BCUT2D eigenvalue weighted by molar-refractivity contribution is 0.240. The van der Waals surface area contributed by atoms with Crippen molar-refractivity contribution >= 4 is 6.03 Å². The maximum atomic E-state index is 14.4. The van der Waals surface area contributed by atoms with Crippen LogP contribution in [0.5, 0.6) is 0 Å². The molecular formula is C22H21FN6O. The van der Waals surface area contributed by atoms with Crippen LogP contribution in [0.1, 0.15) is 17.0 Å². The highest BCUT2D eigenvalue weighted by Crippen LogP contribution is 2.17. The van der Waals surface area contributed by atoms with Crippen molar-refractivity contribution in [2.45, 2.75) is 20.0 Å². The molecule has 8 heteroatoms. The Labute approximate surface area is 173 Å². The van der Waals surface area contributed by atoms with E-state index in [1.165, 1.54) is 6.07 Å². The Morgan fingerprint density at radius 3 is 2.40 bits per heavy atom. The second-order valence-electron chi connectivity index (χ2n) is 6.83. The molecule has 30 heavy (non-hydrogen) atoms. The van der Waals surface area contributed by atoms with E-state index in [1.54, 1.807) is 35.3 Å². The SMILES string of the molecule is Cc1nccn1-c1ccc(CNC(=O)NCc2ccc(-c3ccn[nH]3)cc2)cc1F. The molecule has 0 radical (unpaired) electrons. The summed E-state index contributed by atoms with van der Waals surface area (Å²) in [6, 6.07) is 14.3. The van der Waals surface area contributed by atoms with E-state index in [0.29, 0.717) is 23.6 Å². The Kier molecular flexibility index (Phi) is 5.56. The van der Waals surface area contributed by atoms with E-state index < -0.39 is 0 Å². The van der Waals surface area contributed by atoms with Gasteiger partial charge in [0, 0.05) is 31.7 Å². The van der Waals surface area contributed by atoms with Gasteiger partial charge in [-0.15, -0.1) is 0 Å². The third-order valence-electron chi connectivity index (χ3n) is 4.77. The summed E-state index contributed by atoms with van der Waals surface area (Å²) in [5.74, 6) is 0.338. The normalized spacial score (nSPS) is 10.7. The molecule has 0 atom stereocenters. The molecular weight excluding hydrogens is 383 g/mol. The lowest BCUT2D eigenvalue weighted by Crippen LogP contribution is -2.34. The quantitative estimate of drug-likeness (QED) is 0.458. The average molecular weight is 404 g/mol. The van der Waals surface area contributed by atoms with Gasteiger partial charge >= 0.3 is 6.03 Å². The van der Waals surface area contributed by atoms with Gasteiger partial charge in [-0.3, -0.25) is 5.10 Å². The van der Waals surface area contributed by atoms with Gasteiger partial charge in [0.15, 0.2) is 0 Å². The number of carbonyl (C=O) groups excluding carboxylic acids is 1. The van der Waals surface area contributed by atoms with Gasteiger partial charge < -0.3 is 15.2 Å². The van der Waals surface area contributed by atoms with Crippen LogP contribution in [0.25, 0.3) is 16.9 Å². The number of aryl methyl sites for hydroxylation is 1. The molecule has 3 N–H and O–H groups in total. The molecule has 0 unspecified atom stereocenters. The predicted octanol–water partition coefficient (Wildman–Crippen LogP) is 3.71. The van der Waals surface area contributed by atoms with Crippen LogP contribution in [-0.2, 0) is 13.1 Å². The maximum absolute atomic E-state index is 14.4. The fourth-order valence-corrected chi connectivity index (χ4v) is 3.13. The van der Waals surface area contributed by atoms with Crippen LogP contribution in [-0.4, -0.2) is 25.8 Å². The Balaban J connectivity index is 1.29. The molecule has 2 aromatic heterocycles. The maximum Gasteiger partial charge on any atom is 0.315 e. The molecule has 0 saturated heterocycles. The van der Waals surface area contributed by atoms with Crippen LogP contribution in [0.2, 0.25) is 0 Å². The van der Waals surface area contributed by atoms with Crippen LogP contribution in [0.15, 0.2) is 67.1 Å². The van der Waals surface area contributed by atoms with Crippen LogP contribution in [0, 0.1) is 12.7 Å². The number of rotatable bonds is 6. The number of imidazole rings is 1. The fraction of sp³-hybridized carbons (Fsp3) is 0.136. The van der Waals surface area contributed by atoms with Gasteiger partial charge in [-0.1, -0.05) is 30.3 Å². The summed E-state index contributed by atoms with van der Waals surface area (Å²) < 4.78 is 16.1. The molecule has 152 valence electrons. The van der Waals surface area contributed by atoms with Crippen LogP contribution in [0.3, 0.4) is 0 Å². The molecule has 0 aliphatic rings. The van der Waals surface area contributed by atoms with Gasteiger partial charge in [0.1, 0.15) is 11.6 Å². The van der Waals surface area contributed by atoms with Crippen molar-refractivity contribution in [3.63, 3.8) is 0 Å². The summed E-state index contributed by atoms with van der Waals surface area (Å²) >= 11 is 0. The molecule has 4 aromatic rings. The molecule has 0 fully saturated rings. The highest BCUT2D eigenvalue weighted by Gasteiger charge is 2.09. The molecule has 4 rings (SSSR count). The smallest absolute Gasteiger partial charge is 0.315 e. The van der Waals surface area contributed by atoms with E-state index >= 15 is 0 Å². The first-order valence-electron chi connectivity index (χ1n) is 9.49. The average Bonchev–Trinajstić information content (AvgIpc) is 3.43. The van der Waals surface area contributed by atoms with E-state index in [4.69, 9.17) is 0 Å². The number of benzene rings is 2. The monoisotopic (exact) mass is 404 g/mol. The van der Waals surface area contributed by atoms with Crippen molar-refractivity contribution in [2.24, 2.45) is 0 Å². The first-order chi connectivity index (χ1) is 14.6. The van der Waals surface area contributed by atoms with E-state index in [-0.39, 0.29) is 18.4 Å². The highest BCUT2D eigenvalue weighted by molar-refractivity contribution is 5.73. The standard InChI is InChI=1S/C22H21FN6O/c1-15-24-10-11-29(15)21-7-4-17(12-19(21)23)14-26-22(30)25-13-16-2-5-18(6-3-16)20-8-9-27-28-20/h2-12H,13-14H2,1H3,(H,27,28)(H2,25,26,30). The Bertz CT molecular complexity index is 1130. The first kappa shape index (κ1) is 19.4. The topological polar surface area (TPSA) is 87.6 Å². The lowest BCUT2D eigenvalue weighted by Gasteiger charge is -2.10. The van der Waals surface area contributed by atoms with Crippen molar-refractivity contribution < 1.29 is 9.18 Å². The van der Waals surface area contributed by atoms with Crippen LogP contribution < -0.4 is 10.6 Å². The molecule has 0 saturated carbocycles.